The van der Waals surface area contributed by atoms with Crippen LogP contribution >= 0.6 is 23.1 Å². The van der Waals surface area contributed by atoms with Crippen LogP contribution in [0.25, 0.3) is 0 Å². The van der Waals surface area contributed by atoms with Gasteiger partial charge in [0, 0.05) is 12.1 Å². The third kappa shape index (κ3) is 3.23. The van der Waals surface area contributed by atoms with Crippen LogP contribution in [0.5, 0.6) is 0 Å². The second-order valence-corrected chi connectivity index (χ2v) is 6.06. The highest BCUT2D eigenvalue weighted by Gasteiger charge is 2.11. The number of rotatable bonds is 6. The largest absolute Gasteiger partial charge is 0.370 e. The van der Waals surface area contributed by atoms with Gasteiger partial charge in [0.2, 0.25) is 0 Å². The number of nitrogens with zero attached hydrogens (tertiary/aromatic N) is 2. The Morgan fingerprint density at radius 1 is 1.33 bits per heavy atom. The zero-order chi connectivity index (χ0) is 12.8. The summed E-state index contributed by atoms with van der Waals surface area (Å²) in [6.45, 7) is 5.25. The number of aromatic nitrogens is 2. The molecule has 0 bridgehead atoms. The SMILES string of the molecule is CCCNc1ncnc(Sc2cccs2)c1CC. The molecule has 0 aliphatic heterocycles. The van der Waals surface area contributed by atoms with Gasteiger partial charge < -0.3 is 5.32 Å². The fourth-order valence-electron chi connectivity index (χ4n) is 1.62. The van der Waals surface area contributed by atoms with Gasteiger partial charge in [0.05, 0.1) is 4.21 Å². The summed E-state index contributed by atoms with van der Waals surface area (Å²) in [7, 11) is 0. The second kappa shape index (κ2) is 6.75. The molecule has 0 saturated heterocycles. The molecular weight excluding hydrogens is 262 g/mol. The molecule has 5 heteroatoms. The highest BCUT2D eigenvalue weighted by Crippen LogP contribution is 2.34. The van der Waals surface area contributed by atoms with Crippen molar-refractivity contribution in [3.63, 3.8) is 0 Å². The molecule has 0 aliphatic rings. The van der Waals surface area contributed by atoms with Crippen LogP contribution < -0.4 is 5.32 Å². The van der Waals surface area contributed by atoms with Crippen LogP contribution in [0.2, 0.25) is 0 Å². The lowest BCUT2D eigenvalue weighted by molar-refractivity contribution is 0.911. The fraction of sp³-hybridized carbons (Fsp3) is 0.385. The number of thiophene rings is 1. The van der Waals surface area contributed by atoms with Gasteiger partial charge in [-0.05, 0) is 24.3 Å². The van der Waals surface area contributed by atoms with Gasteiger partial charge in [-0.25, -0.2) is 9.97 Å². The number of nitrogens with one attached hydrogen (secondary N) is 1. The normalized spacial score (nSPS) is 10.6. The maximum Gasteiger partial charge on any atom is 0.133 e. The monoisotopic (exact) mass is 279 g/mol. The first-order chi connectivity index (χ1) is 8.85. The van der Waals surface area contributed by atoms with E-state index in [-0.39, 0.29) is 0 Å². The fourth-order valence-corrected chi connectivity index (χ4v) is 3.46. The first-order valence-electron chi connectivity index (χ1n) is 6.14. The average molecular weight is 279 g/mol. The van der Waals surface area contributed by atoms with Gasteiger partial charge in [-0.1, -0.05) is 31.7 Å². The third-order valence-electron chi connectivity index (χ3n) is 2.49. The minimum absolute atomic E-state index is 0.945. The Morgan fingerprint density at radius 3 is 2.89 bits per heavy atom. The molecule has 2 heterocycles. The molecule has 0 spiro atoms. The Kier molecular flexibility index (Phi) is 5.01. The van der Waals surface area contributed by atoms with Crippen molar-refractivity contribution in [1.29, 1.82) is 0 Å². The van der Waals surface area contributed by atoms with E-state index < -0.39 is 0 Å². The summed E-state index contributed by atoms with van der Waals surface area (Å²) in [5.41, 5.74) is 1.21. The molecule has 0 radical (unpaired) electrons. The van der Waals surface area contributed by atoms with E-state index in [1.165, 1.54) is 9.77 Å². The summed E-state index contributed by atoms with van der Waals surface area (Å²) in [5.74, 6) is 0.980. The molecule has 2 aromatic rings. The minimum Gasteiger partial charge on any atom is -0.370 e. The van der Waals surface area contributed by atoms with Crippen molar-refractivity contribution >= 4 is 28.9 Å². The second-order valence-electron chi connectivity index (χ2n) is 3.82. The average Bonchev–Trinajstić information content (AvgIpc) is 2.89. The van der Waals surface area contributed by atoms with Crippen LogP contribution in [0.4, 0.5) is 5.82 Å². The van der Waals surface area contributed by atoms with Crippen LogP contribution in [0.15, 0.2) is 33.1 Å². The van der Waals surface area contributed by atoms with E-state index in [0.29, 0.717) is 0 Å². The molecule has 0 atom stereocenters. The quantitative estimate of drug-likeness (QED) is 0.809. The van der Waals surface area contributed by atoms with E-state index in [4.69, 9.17) is 0 Å². The van der Waals surface area contributed by atoms with Crippen LogP contribution in [-0.4, -0.2) is 16.5 Å². The maximum atomic E-state index is 4.41. The molecule has 1 N–H and O–H groups in total. The molecule has 2 aromatic heterocycles. The van der Waals surface area contributed by atoms with Crippen molar-refractivity contribution in [2.75, 3.05) is 11.9 Å². The van der Waals surface area contributed by atoms with Crippen LogP contribution in [-0.2, 0) is 6.42 Å². The topological polar surface area (TPSA) is 37.8 Å². The predicted octanol–water partition coefficient (Wildman–Crippen LogP) is 4.07. The van der Waals surface area contributed by atoms with Crippen LogP contribution in [0.3, 0.4) is 0 Å². The smallest absolute Gasteiger partial charge is 0.133 e. The first kappa shape index (κ1) is 13.4. The van der Waals surface area contributed by atoms with Gasteiger partial charge >= 0.3 is 0 Å². The molecule has 3 nitrogen and oxygen atoms in total. The van der Waals surface area contributed by atoms with E-state index in [2.05, 4.69) is 46.6 Å². The lowest BCUT2D eigenvalue weighted by Crippen LogP contribution is -2.06. The summed E-state index contributed by atoms with van der Waals surface area (Å²) < 4.78 is 1.27. The van der Waals surface area contributed by atoms with Crippen molar-refractivity contribution in [2.45, 2.75) is 35.9 Å². The van der Waals surface area contributed by atoms with Crippen molar-refractivity contribution in [1.82, 2.24) is 9.97 Å². The molecule has 0 saturated carbocycles. The van der Waals surface area contributed by atoms with Gasteiger partial charge in [0.25, 0.3) is 0 Å². The number of hydrogen-bond donors (Lipinski definition) is 1. The zero-order valence-electron chi connectivity index (χ0n) is 10.6. The van der Waals surface area contributed by atoms with Gasteiger partial charge in [0.15, 0.2) is 0 Å². The van der Waals surface area contributed by atoms with Crippen LogP contribution in [0.1, 0.15) is 25.8 Å². The zero-order valence-corrected chi connectivity index (χ0v) is 12.3. The standard InChI is InChI=1S/C13H17N3S2/c1-3-7-14-12-10(4-2)13(16-9-15-12)18-11-6-5-8-17-11/h5-6,8-9H,3-4,7H2,1-2H3,(H,14,15,16). The summed E-state index contributed by atoms with van der Waals surface area (Å²) in [4.78, 5) is 8.76. The van der Waals surface area contributed by atoms with Gasteiger partial charge in [-0.15, -0.1) is 11.3 Å². The molecule has 96 valence electrons. The molecule has 0 unspecified atom stereocenters. The molecule has 2 rings (SSSR count). The molecular formula is C13H17N3S2. The van der Waals surface area contributed by atoms with E-state index in [0.717, 1.165) is 30.2 Å². The lowest BCUT2D eigenvalue weighted by Gasteiger charge is -2.11. The minimum atomic E-state index is 0.945. The van der Waals surface area contributed by atoms with E-state index in [9.17, 15) is 0 Å². The lowest BCUT2D eigenvalue weighted by atomic mass is 10.2. The molecule has 0 fully saturated rings. The Labute approximate surface area is 116 Å². The van der Waals surface area contributed by atoms with Gasteiger partial charge in [-0.2, -0.15) is 0 Å². The summed E-state index contributed by atoms with van der Waals surface area (Å²) in [6, 6.07) is 4.19. The summed E-state index contributed by atoms with van der Waals surface area (Å²) in [6.07, 6.45) is 3.69. The Balaban J connectivity index is 2.23. The summed E-state index contributed by atoms with van der Waals surface area (Å²) >= 11 is 3.46. The van der Waals surface area contributed by atoms with Gasteiger partial charge in [-0.3, -0.25) is 0 Å². The Bertz CT molecular complexity index is 483. The van der Waals surface area contributed by atoms with Crippen molar-refractivity contribution in [2.24, 2.45) is 0 Å². The van der Waals surface area contributed by atoms with E-state index >= 15 is 0 Å². The van der Waals surface area contributed by atoms with Crippen molar-refractivity contribution in [3.8, 4) is 0 Å². The first-order valence-corrected chi connectivity index (χ1v) is 7.83. The van der Waals surface area contributed by atoms with Crippen molar-refractivity contribution < 1.29 is 0 Å². The predicted molar refractivity (Wildman–Crippen MR) is 78.6 cm³/mol. The van der Waals surface area contributed by atoms with E-state index in [1.54, 1.807) is 29.4 Å². The van der Waals surface area contributed by atoms with Crippen molar-refractivity contribution in [3.05, 3.63) is 29.4 Å². The molecule has 18 heavy (non-hydrogen) atoms. The molecule has 0 aliphatic carbocycles. The highest BCUT2D eigenvalue weighted by atomic mass is 32.2. The maximum absolute atomic E-state index is 4.41. The highest BCUT2D eigenvalue weighted by molar-refractivity contribution is 8.01. The Hall–Kier alpha value is -1.07. The number of hydrogen-bond acceptors (Lipinski definition) is 5. The van der Waals surface area contributed by atoms with E-state index in [1.807, 2.05) is 0 Å². The van der Waals surface area contributed by atoms with Gasteiger partial charge in [0.1, 0.15) is 17.2 Å². The van der Waals surface area contributed by atoms with Crippen LogP contribution in [0, 0.1) is 0 Å². The third-order valence-corrected chi connectivity index (χ3v) is 4.58. The Morgan fingerprint density at radius 2 is 2.22 bits per heavy atom. The molecule has 0 amide bonds. The molecule has 0 aromatic carbocycles. The summed E-state index contributed by atoms with van der Waals surface area (Å²) in [5, 5.41) is 6.52. The number of anilines is 1.